The van der Waals surface area contributed by atoms with E-state index in [0.717, 1.165) is 25.3 Å². The Labute approximate surface area is 118 Å². The zero-order chi connectivity index (χ0) is 13.9. The molecule has 2 N–H and O–H groups in total. The van der Waals surface area contributed by atoms with Crippen LogP contribution in [0.1, 0.15) is 45.1 Å². The molecule has 0 spiro atoms. The summed E-state index contributed by atoms with van der Waals surface area (Å²) < 4.78 is 0. The molecule has 1 atom stereocenters. The van der Waals surface area contributed by atoms with Gasteiger partial charge in [0.05, 0.1) is 6.10 Å². The molecule has 1 aromatic rings. The first-order chi connectivity index (χ1) is 9.18. The molecule has 0 aliphatic carbocycles. The van der Waals surface area contributed by atoms with Gasteiger partial charge in [-0.2, -0.15) is 0 Å². The normalized spacial score (nSPS) is 12.8. The summed E-state index contributed by atoms with van der Waals surface area (Å²) in [7, 11) is 0. The summed E-state index contributed by atoms with van der Waals surface area (Å²) >= 11 is 0. The van der Waals surface area contributed by atoms with Crippen molar-refractivity contribution in [3.05, 3.63) is 35.9 Å². The Kier molecular flexibility index (Phi) is 8.52. The van der Waals surface area contributed by atoms with Gasteiger partial charge in [-0.1, -0.05) is 57.0 Å². The molecule has 19 heavy (non-hydrogen) atoms. The Balaban J connectivity index is 1.98. The van der Waals surface area contributed by atoms with Gasteiger partial charge < -0.3 is 10.4 Å². The van der Waals surface area contributed by atoms with Crippen LogP contribution in [0.3, 0.4) is 0 Å². The second kappa shape index (κ2) is 9.99. The highest BCUT2D eigenvalue weighted by molar-refractivity contribution is 5.14. The second-order valence-corrected chi connectivity index (χ2v) is 5.77. The summed E-state index contributed by atoms with van der Waals surface area (Å²) in [6.07, 6.45) is 5.36. The van der Waals surface area contributed by atoms with Gasteiger partial charge in [0.2, 0.25) is 0 Å². The van der Waals surface area contributed by atoms with Crippen LogP contribution >= 0.6 is 0 Å². The zero-order valence-electron chi connectivity index (χ0n) is 12.4. The third kappa shape index (κ3) is 8.79. The molecule has 0 aromatic heterocycles. The molecule has 0 bridgehead atoms. The van der Waals surface area contributed by atoms with Crippen molar-refractivity contribution in [3.8, 4) is 0 Å². The summed E-state index contributed by atoms with van der Waals surface area (Å²) in [6.45, 7) is 6.27. The van der Waals surface area contributed by atoms with Gasteiger partial charge >= 0.3 is 0 Å². The predicted molar refractivity (Wildman–Crippen MR) is 82.3 cm³/mol. The first-order valence-corrected chi connectivity index (χ1v) is 7.61. The topological polar surface area (TPSA) is 32.3 Å². The van der Waals surface area contributed by atoms with Crippen molar-refractivity contribution in [1.29, 1.82) is 0 Å². The minimum absolute atomic E-state index is 0.231. The second-order valence-electron chi connectivity index (χ2n) is 5.77. The summed E-state index contributed by atoms with van der Waals surface area (Å²) in [6, 6.07) is 10.4. The van der Waals surface area contributed by atoms with Crippen molar-refractivity contribution in [2.45, 2.75) is 52.1 Å². The van der Waals surface area contributed by atoms with Crippen molar-refractivity contribution < 1.29 is 5.11 Å². The lowest BCUT2D eigenvalue weighted by Crippen LogP contribution is -2.28. The van der Waals surface area contributed by atoms with E-state index in [4.69, 9.17) is 0 Å². The molecule has 0 fully saturated rings. The van der Waals surface area contributed by atoms with Crippen LogP contribution in [-0.4, -0.2) is 24.3 Å². The minimum atomic E-state index is -0.231. The largest absolute Gasteiger partial charge is 0.392 e. The molecular formula is C17H29NO. The Hall–Kier alpha value is -0.860. The van der Waals surface area contributed by atoms with Crippen molar-refractivity contribution in [3.63, 3.8) is 0 Å². The molecule has 0 aliphatic heterocycles. The Bertz CT molecular complexity index is 310. The smallest absolute Gasteiger partial charge is 0.0667 e. The average Bonchev–Trinajstić information content (AvgIpc) is 2.41. The fourth-order valence-electron chi connectivity index (χ4n) is 2.15. The lowest BCUT2D eigenvalue weighted by Gasteiger charge is -2.12. The first-order valence-electron chi connectivity index (χ1n) is 7.61. The Morgan fingerprint density at radius 3 is 2.47 bits per heavy atom. The van der Waals surface area contributed by atoms with Crippen LogP contribution in [0.25, 0.3) is 0 Å². The molecule has 0 saturated heterocycles. The number of aryl methyl sites for hydroxylation is 1. The number of unbranched alkanes of at least 4 members (excludes halogenated alkanes) is 1. The molecular weight excluding hydrogens is 234 g/mol. The van der Waals surface area contributed by atoms with E-state index in [9.17, 15) is 5.11 Å². The monoisotopic (exact) mass is 263 g/mol. The van der Waals surface area contributed by atoms with E-state index < -0.39 is 0 Å². The van der Waals surface area contributed by atoms with Crippen molar-refractivity contribution in [2.75, 3.05) is 13.1 Å². The third-order valence-corrected chi connectivity index (χ3v) is 3.37. The number of aliphatic hydroxyl groups is 1. The predicted octanol–water partition coefficient (Wildman–Crippen LogP) is 3.40. The van der Waals surface area contributed by atoms with Crippen LogP contribution in [0.15, 0.2) is 30.3 Å². The van der Waals surface area contributed by atoms with Crippen molar-refractivity contribution >= 4 is 0 Å². The number of nitrogens with one attached hydrogen (secondary N) is 1. The molecule has 2 nitrogen and oxygen atoms in total. The van der Waals surface area contributed by atoms with E-state index >= 15 is 0 Å². The van der Waals surface area contributed by atoms with Gasteiger partial charge in [0, 0.05) is 6.54 Å². The Morgan fingerprint density at radius 2 is 1.79 bits per heavy atom. The molecule has 108 valence electrons. The van der Waals surface area contributed by atoms with Crippen LogP contribution < -0.4 is 5.32 Å². The number of rotatable bonds is 10. The molecule has 0 saturated carbocycles. The van der Waals surface area contributed by atoms with Gasteiger partial charge in [0.1, 0.15) is 0 Å². The average molecular weight is 263 g/mol. The lowest BCUT2D eigenvalue weighted by molar-refractivity contribution is 0.162. The van der Waals surface area contributed by atoms with E-state index in [1.54, 1.807) is 0 Å². The molecule has 0 aliphatic rings. The van der Waals surface area contributed by atoms with Gasteiger partial charge in [0.15, 0.2) is 0 Å². The number of hydrogen-bond donors (Lipinski definition) is 2. The quantitative estimate of drug-likeness (QED) is 0.634. The van der Waals surface area contributed by atoms with E-state index in [1.807, 2.05) is 6.07 Å². The van der Waals surface area contributed by atoms with Crippen molar-refractivity contribution in [2.24, 2.45) is 5.92 Å². The van der Waals surface area contributed by atoms with Crippen LogP contribution in [0.4, 0.5) is 0 Å². The summed E-state index contributed by atoms with van der Waals surface area (Å²) in [4.78, 5) is 0. The number of aliphatic hydroxyl groups excluding tert-OH is 1. The highest BCUT2D eigenvalue weighted by Crippen LogP contribution is 2.06. The number of hydrogen-bond acceptors (Lipinski definition) is 2. The minimum Gasteiger partial charge on any atom is -0.392 e. The molecule has 1 rings (SSSR count). The van der Waals surface area contributed by atoms with E-state index in [-0.39, 0.29) is 6.10 Å². The van der Waals surface area contributed by atoms with E-state index in [2.05, 4.69) is 43.4 Å². The summed E-state index contributed by atoms with van der Waals surface area (Å²) in [5.41, 5.74) is 1.30. The maximum atomic E-state index is 9.89. The highest BCUT2D eigenvalue weighted by atomic mass is 16.3. The van der Waals surface area contributed by atoms with Gasteiger partial charge in [-0.3, -0.25) is 0 Å². The summed E-state index contributed by atoms with van der Waals surface area (Å²) in [5, 5.41) is 13.2. The molecule has 1 aromatic carbocycles. The van der Waals surface area contributed by atoms with Crippen LogP contribution in [-0.2, 0) is 6.42 Å². The highest BCUT2D eigenvalue weighted by Gasteiger charge is 2.03. The standard InChI is InChI=1S/C17H29NO/c1-15(2)8-6-7-13-18-14-17(19)12-11-16-9-4-3-5-10-16/h3-5,9-10,15,17-19H,6-8,11-14H2,1-2H3. The molecule has 0 amide bonds. The van der Waals surface area contributed by atoms with E-state index in [0.29, 0.717) is 6.54 Å². The molecule has 0 radical (unpaired) electrons. The van der Waals surface area contributed by atoms with Crippen LogP contribution in [0, 0.1) is 5.92 Å². The van der Waals surface area contributed by atoms with Crippen LogP contribution in [0.5, 0.6) is 0 Å². The van der Waals surface area contributed by atoms with Gasteiger partial charge in [-0.15, -0.1) is 0 Å². The lowest BCUT2D eigenvalue weighted by atomic mass is 10.1. The van der Waals surface area contributed by atoms with Gasteiger partial charge in [-0.05, 0) is 37.3 Å². The maximum Gasteiger partial charge on any atom is 0.0667 e. The van der Waals surface area contributed by atoms with Crippen molar-refractivity contribution in [1.82, 2.24) is 5.32 Å². The Morgan fingerprint density at radius 1 is 1.05 bits per heavy atom. The fourth-order valence-corrected chi connectivity index (χ4v) is 2.15. The SMILES string of the molecule is CC(C)CCCCNCC(O)CCc1ccccc1. The fraction of sp³-hybridized carbons (Fsp3) is 0.647. The maximum absolute atomic E-state index is 9.89. The number of benzene rings is 1. The van der Waals surface area contributed by atoms with Gasteiger partial charge in [0.25, 0.3) is 0 Å². The van der Waals surface area contributed by atoms with Crippen LogP contribution in [0.2, 0.25) is 0 Å². The third-order valence-electron chi connectivity index (χ3n) is 3.37. The molecule has 1 unspecified atom stereocenters. The zero-order valence-corrected chi connectivity index (χ0v) is 12.4. The summed E-state index contributed by atoms with van der Waals surface area (Å²) in [5.74, 6) is 0.802. The molecule has 2 heteroatoms. The molecule has 0 heterocycles. The van der Waals surface area contributed by atoms with E-state index in [1.165, 1.54) is 24.8 Å². The van der Waals surface area contributed by atoms with Gasteiger partial charge in [-0.25, -0.2) is 0 Å². The first kappa shape index (κ1) is 16.2.